The molecule has 1 aliphatic heterocycles. The molecule has 1 amide bonds. The van der Waals surface area contributed by atoms with Crippen molar-refractivity contribution in [1.82, 2.24) is 14.7 Å². The zero-order chi connectivity index (χ0) is 20.4. The Labute approximate surface area is 177 Å². The van der Waals surface area contributed by atoms with Crippen LogP contribution in [-0.4, -0.2) is 46.8 Å². The van der Waals surface area contributed by atoms with Crippen LogP contribution in [0.2, 0.25) is 10.0 Å². The number of halogens is 2. The largest absolute Gasteiger partial charge is 0.352 e. The number of piperazine rings is 1. The van der Waals surface area contributed by atoms with E-state index in [-0.39, 0.29) is 11.5 Å². The number of aromatic nitrogens is 2. The van der Waals surface area contributed by atoms with Crippen LogP contribution in [0.1, 0.15) is 10.4 Å². The lowest BCUT2D eigenvalue weighted by Gasteiger charge is -2.35. The van der Waals surface area contributed by atoms with E-state index in [0.29, 0.717) is 53.3 Å². The quantitative estimate of drug-likeness (QED) is 0.640. The molecule has 0 spiro atoms. The summed E-state index contributed by atoms with van der Waals surface area (Å²) >= 11 is 11.9. The van der Waals surface area contributed by atoms with E-state index in [1.807, 2.05) is 0 Å². The van der Waals surface area contributed by atoms with Gasteiger partial charge in [-0.25, -0.2) is 0 Å². The Balaban J connectivity index is 1.49. The summed E-state index contributed by atoms with van der Waals surface area (Å²) in [5, 5.41) is 5.64. The molecule has 0 aliphatic carbocycles. The number of anilines is 1. The van der Waals surface area contributed by atoms with Crippen molar-refractivity contribution < 1.29 is 4.79 Å². The molecule has 1 aliphatic rings. The fraction of sp³-hybridized carbons (Fsp3) is 0.190. The minimum absolute atomic E-state index is 0.0359. The van der Waals surface area contributed by atoms with Gasteiger partial charge in [0, 0.05) is 47.9 Å². The molecule has 6 nitrogen and oxygen atoms in total. The molecule has 0 radical (unpaired) electrons. The predicted molar refractivity (Wildman–Crippen MR) is 114 cm³/mol. The van der Waals surface area contributed by atoms with Crippen LogP contribution in [0.3, 0.4) is 0 Å². The molecule has 0 saturated carbocycles. The predicted octanol–water partition coefficient (Wildman–Crippen LogP) is 3.50. The Hall–Kier alpha value is -2.83. The van der Waals surface area contributed by atoms with E-state index < -0.39 is 0 Å². The Kier molecular flexibility index (Phi) is 5.56. The number of hydrogen-bond acceptors (Lipinski definition) is 4. The highest BCUT2D eigenvalue weighted by atomic mass is 35.5. The van der Waals surface area contributed by atoms with E-state index in [0.717, 1.165) is 0 Å². The van der Waals surface area contributed by atoms with Crippen molar-refractivity contribution in [2.24, 2.45) is 0 Å². The van der Waals surface area contributed by atoms with Gasteiger partial charge in [-0.1, -0.05) is 29.3 Å². The minimum atomic E-state index is -0.217. The van der Waals surface area contributed by atoms with Crippen LogP contribution in [0.5, 0.6) is 0 Å². The number of rotatable bonds is 3. The monoisotopic (exact) mass is 428 g/mol. The summed E-state index contributed by atoms with van der Waals surface area (Å²) in [5.74, 6) is 0.653. The fourth-order valence-electron chi connectivity index (χ4n) is 3.28. The Bertz CT molecular complexity index is 1090. The van der Waals surface area contributed by atoms with Crippen LogP contribution < -0.4 is 10.5 Å². The molecule has 1 aromatic heterocycles. The first-order chi connectivity index (χ1) is 14.0. The third-order valence-corrected chi connectivity index (χ3v) is 5.31. The smallest absolute Gasteiger partial charge is 0.271 e. The number of amides is 1. The standard InChI is InChI=1S/C21H18Cl2N4O2/c22-16-4-6-18(7-5-16)27-20(28)9-8-19(24-27)25-10-12-26(13-11-25)21(29)15-2-1-3-17(23)14-15/h1-9,14H,10-13H2. The summed E-state index contributed by atoms with van der Waals surface area (Å²) in [5.41, 5.74) is 1.02. The molecule has 0 N–H and O–H groups in total. The summed E-state index contributed by atoms with van der Waals surface area (Å²) in [4.78, 5) is 28.8. The number of carbonyl (C=O) groups is 1. The van der Waals surface area contributed by atoms with Gasteiger partial charge in [-0.3, -0.25) is 9.59 Å². The van der Waals surface area contributed by atoms with Gasteiger partial charge in [-0.15, -0.1) is 5.10 Å². The first kappa shape index (κ1) is 19.5. The maximum atomic E-state index is 12.7. The van der Waals surface area contributed by atoms with Gasteiger partial charge in [0.25, 0.3) is 11.5 Å². The summed E-state index contributed by atoms with van der Waals surface area (Å²) in [7, 11) is 0. The van der Waals surface area contributed by atoms with Crippen molar-refractivity contribution in [2.45, 2.75) is 0 Å². The molecule has 0 bridgehead atoms. The van der Waals surface area contributed by atoms with Gasteiger partial charge >= 0.3 is 0 Å². The van der Waals surface area contributed by atoms with Crippen molar-refractivity contribution in [1.29, 1.82) is 0 Å². The van der Waals surface area contributed by atoms with E-state index >= 15 is 0 Å². The molecule has 148 valence electrons. The molecule has 29 heavy (non-hydrogen) atoms. The maximum Gasteiger partial charge on any atom is 0.271 e. The minimum Gasteiger partial charge on any atom is -0.352 e. The van der Waals surface area contributed by atoms with E-state index in [4.69, 9.17) is 23.2 Å². The average Bonchev–Trinajstić information content (AvgIpc) is 2.74. The molecule has 2 aromatic carbocycles. The van der Waals surface area contributed by atoms with Gasteiger partial charge < -0.3 is 9.80 Å². The molecule has 0 atom stereocenters. The van der Waals surface area contributed by atoms with Crippen LogP contribution in [0, 0.1) is 0 Å². The van der Waals surface area contributed by atoms with Gasteiger partial charge in [0.1, 0.15) is 5.82 Å². The van der Waals surface area contributed by atoms with Crippen LogP contribution in [-0.2, 0) is 0 Å². The molecule has 0 unspecified atom stereocenters. The Morgan fingerprint density at radius 2 is 1.59 bits per heavy atom. The zero-order valence-electron chi connectivity index (χ0n) is 15.5. The highest BCUT2D eigenvalue weighted by Gasteiger charge is 2.23. The van der Waals surface area contributed by atoms with Crippen molar-refractivity contribution in [3.63, 3.8) is 0 Å². The molecular formula is C21H18Cl2N4O2. The Morgan fingerprint density at radius 3 is 2.28 bits per heavy atom. The normalized spacial score (nSPS) is 14.1. The highest BCUT2D eigenvalue weighted by molar-refractivity contribution is 6.31. The van der Waals surface area contributed by atoms with E-state index in [1.54, 1.807) is 59.5 Å². The van der Waals surface area contributed by atoms with Gasteiger partial charge in [0.15, 0.2) is 0 Å². The second-order valence-electron chi connectivity index (χ2n) is 6.71. The van der Waals surface area contributed by atoms with Crippen molar-refractivity contribution >= 4 is 34.9 Å². The molecule has 8 heteroatoms. The van der Waals surface area contributed by atoms with Crippen molar-refractivity contribution in [3.8, 4) is 5.69 Å². The van der Waals surface area contributed by atoms with E-state index in [2.05, 4.69) is 10.00 Å². The lowest BCUT2D eigenvalue weighted by atomic mass is 10.2. The maximum absolute atomic E-state index is 12.7. The summed E-state index contributed by atoms with van der Waals surface area (Å²) in [6, 6.07) is 17.1. The summed E-state index contributed by atoms with van der Waals surface area (Å²) in [6.45, 7) is 2.37. The third kappa shape index (κ3) is 4.28. The van der Waals surface area contributed by atoms with Crippen molar-refractivity contribution in [2.75, 3.05) is 31.1 Å². The molecule has 2 heterocycles. The van der Waals surface area contributed by atoms with Crippen LogP contribution in [0.15, 0.2) is 65.5 Å². The van der Waals surface area contributed by atoms with Crippen LogP contribution in [0.4, 0.5) is 5.82 Å². The molecular weight excluding hydrogens is 411 g/mol. The molecule has 4 rings (SSSR count). The second-order valence-corrected chi connectivity index (χ2v) is 7.58. The van der Waals surface area contributed by atoms with Crippen molar-refractivity contribution in [3.05, 3.63) is 86.6 Å². The lowest BCUT2D eigenvalue weighted by molar-refractivity contribution is 0.0746. The topological polar surface area (TPSA) is 58.4 Å². The fourth-order valence-corrected chi connectivity index (χ4v) is 3.60. The number of benzene rings is 2. The molecule has 1 fully saturated rings. The highest BCUT2D eigenvalue weighted by Crippen LogP contribution is 2.17. The number of hydrogen-bond donors (Lipinski definition) is 0. The van der Waals surface area contributed by atoms with Gasteiger partial charge in [-0.05, 0) is 48.5 Å². The SMILES string of the molecule is O=C(c1cccc(Cl)c1)N1CCN(c2ccc(=O)n(-c3ccc(Cl)cc3)n2)CC1. The molecule has 1 saturated heterocycles. The average molecular weight is 429 g/mol. The van der Waals surface area contributed by atoms with Crippen LogP contribution in [0.25, 0.3) is 5.69 Å². The zero-order valence-corrected chi connectivity index (χ0v) is 17.0. The first-order valence-corrected chi connectivity index (χ1v) is 9.93. The van der Waals surface area contributed by atoms with E-state index in [1.165, 1.54) is 10.7 Å². The Morgan fingerprint density at radius 1 is 0.862 bits per heavy atom. The molecule has 3 aromatic rings. The van der Waals surface area contributed by atoms with Crippen LogP contribution >= 0.6 is 23.2 Å². The summed E-state index contributed by atoms with van der Waals surface area (Å²) < 4.78 is 1.36. The number of carbonyl (C=O) groups excluding carboxylic acids is 1. The van der Waals surface area contributed by atoms with Gasteiger partial charge in [0.2, 0.25) is 0 Å². The van der Waals surface area contributed by atoms with Gasteiger partial charge in [0.05, 0.1) is 5.69 Å². The van der Waals surface area contributed by atoms with E-state index in [9.17, 15) is 9.59 Å². The second kappa shape index (κ2) is 8.27. The third-order valence-electron chi connectivity index (χ3n) is 4.82. The lowest BCUT2D eigenvalue weighted by Crippen LogP contribution is -2.49. The number of nitrogens with zero attached hydrogens (tertiary/aromatic N) is 4. The van der Waals surface area contributed by atoms with Gasteiger partial charge in [-0.2, -0.15) is 4.68 Å². The summed E-state index contributed by atoms with van der Waals surface area (Å²) in [6.07, 6.45) is 0. The first-order valence-electron chi connectivity index (χ1n) is 9.17.